The molecule has 0 radical (unpaired) electrons. The number of rotatable bonds is 13. The van der Waals surface area contributed by atoms with Crippen LogP contribution < -0.4 is 14.2 Å². The van der Waals surface area contributed by atoms with E-state index in [1.54, 1.807) is 24.8 Å². The van der Waals surface area contributed by atoms with Crippen molar-refractivity contribution in [2.24, 2.45) is 0 Å². The molecule has 1 aliphatic rings. The number of piperidine rings is 1. The van der Waals surface area contributed by atoms with Crippen LogP contribution in [0.25, 0.3) is 11.1 Å². The third-order valence-corrected chi connectivity index (χ3v) is 9.60. The van der Waals surface area contributed by atoms with Gasteiger partial charge in [0.2, 0.25) is 0 Å². The zero-order valence-corrected chi connectivity index (χ0v) is 30.0. The third-order valence-electron chi connectivity index (χ3n) is 8.91. The lowest BCUT2D eigenvalue weighted by atomic mass is 9.96. The molecule has 1 N–H and O–H groups in total. The Bertz CT molecular complexity index is 1950. The van der Waals surface area contributed by atoms with Gasteiger partial charge in [0.25, 0.3) is 0 Å². The van der Waals surface area contributed by atoms with Crippen molar-refractivity contribution in [2.75, 3.05) is 27.2 Å². The average molecular weight is 712 g/mol. The number of nitriles is 1. The van der Waals surface area contributed by atoms with E-state index in [2.05, 4.69) is 50.9 Å². The molecule has 6 rings (SSSR count). The maximum atomic E-state index is 9.32. The molecule has 0 bridgehead atoms. The Kier molecular flexibility index (Phi) is 11.6. The fourth-order valence-electron chi connectivity index (χ4n) is 6.12. The Morgan fingerprint density at radius 2 is 1.68 bits per heavy atom. The lowest BCUT2D eigenvalue weighted by Crippen LogP contribution is -2.35. The standard InChI is InChI=1S/C39H40Cl2N6O3/c1-26-29(6-4-7-33(26)34-8-5-9-36(39(34)41)50-32-10-12-46(2)13-11-32)24-49-38-16-37(48-23-28-14-27(17-42)18-43-19-28)30(15-35(38)40)21-47(3)22-31-20-44-25-45-31/h4-9,14-16,18-20,25,32H,10-13,21-24H2,1-3H3,(H,44,45). The van der Waals surface area contributed by atoms with Crippen molar-refractivity contribution in [1.82, 2.24) is 24.8 Å². The van der Waals surface area contributed by atoms with Crippen molar-refractivity contribution in [3.8, 4) is 34.4 Å². The molecule has 0 aliphatic carbocycles. The molecule has 11 heteroatoms. The average Bonchev–Trinajstić information content (AvgIpc) is 3.63. The highest BCUT2D eigenvalue weighted by Gasteiger charge is 2.21. The van der Waals surface area contributed by atoms with E-state index >= 15 is 0 Å². The summed E-state index contributed by atoms with van der Waals surface area (Å²) in [6.07, 6.45) is 8.80. The van der Waals surface area contributed by atoms with Crippen LogP contribution in [0.5, 0.6) is 17.2 Å². The van der Waals surface area contributed by atoms with E-state index in [0.717, 1.165) is 65.0 Å². The number of nitrogens with zero attached hydrogens (tertiary/aromatic N) is 5. The molecule has 1 fully saturated rings. The summed E-state index contributed by atoms with van der Waals surface area (Å²) in [5.41, 5.74) is 7.14. The van der Waals surface area contributed by atoms with Gasteiger partial charge in [0.05, 0.1) is 21.9 Å². The highest BCUT2D eigenvalue weighted by atomic mass is 35.5. The van der Waals surface area contributed by atoms with Crippen LogP contribution in [0.3, 0.4) is 0 Å². The minimum atomic E-state index is 0.154. The first-order valence-electron chi connectivity index (χ1n) is 16.6. The third kappa shape index (κ3) is 8.76. The van der Waals surface area contributed by atoms with Crippen LogP contribution in [-0.4, -0.2) is 58.0 Å². The van der Waals surface area contributed by atoms with Gasteiger partial charge in [0, 0.05) is 73.2 Å². The summed E-state index contributed by atoms with van der Waals surface area (Å²) in [5, 5.41) is 10.4. The van der Waals surface area contributed by atoms with Gasteiger partial charge in [-0.05, 0) is 68.8 Å². The van der Waals surface area contributed by atoms with Gasteiger partial charge in [-0.15, -0.1) is 0 Å². The summed E-state index contributed by atoms with van der Waals surface area (Å²) >= 11 is 13.8. The number of hydrogen-bond acceptors (Lipinski definition) is 8. The van der Waals surface area contributed by atoms with E-state index in [1.807, 2.05) is 49.5 Å². The Morgan fingerprint density at radius 3 is 2.46 bits per heavy atom. The lowest BCUT2D eigenvalue weighted by Gasteiger charge is -2.29. The molecule has 9 nitrogen and oxygen atoms in total. The molecule has 0 amide bonds. The van der Waals surface area contributed by atoms with Crippen molar-refractivity contribution in [2.45, 2.75) is 52.2 Å². The summed E-state index contributed by atoms with van der Waals surface area (Å²) < 4.78 is 19.1. The number of hydrogen-bond donors (Lipinski definition) is 1. The Labute approximate surface area is 303 Å². The van der Waals surface area contributed by atoms with E-state index < -0.39 is 0 Å². The summed E-state index contributed by atoms with van der Waals surface area (Å²) in [6, 6.07) is 19.7. The van der Waals surface area contributed by atoms with Crippen molar-refractivity contribution < 1.29 is 14.2 Å². The Balaban J connectivity index is 1.21. The molecule has 3 heterocycles. The number of likely N-dealkylation sites (tertiary alicyclic amines) is 1. The summed E-state index contributed by atoms with van der Waals surface area (Å²) in [4.78, 5) is 15.9. The number of nitrogens with one attached hydrogen (secondary N) is 1. The molecular formula is C39H40Cl2N6O3. The highest BCUT2D eigenvalue weighted by Crippen LogP contribution is 2.39. The van der Waals surface area contributed by atoms with Gasteiger partial charge < -0.3 is 24.1 Å². The van der Waals surface area contributed by atoms with Gasteiger partial charge in [-0.3, -0.25) is 9.88 Å². The van der Waals surface area contributed by atoms with Crippen LogP contribution in [0, 0.1) is 18.3 Å². The van der Waals surface area contributed by atoms with Crippen LogP contribution in [0.2, 0.25) is 10.0 Å². The second-order valence-corrected chi connectivity index (χ2v) is 13.5. The predicted molar refractivity (Wildman–Crippen MR) is 196 cm³/mol. The summed E-state index contributed by atoms with van der Waals surface area (Å²) in [6.45, 7) is 5.84. The predicted octanol–water partition coefficient (Wildman–Crippen LogP) is 8.22. The first-order chi connectivity index (χ1) is 24.3. The number of aromatic nitrogens is 3. The minimum Gasteiger partial charge on any atom is -0.489 e. The fraction of sp³-hybridized carbons (Fsp3) is 0.308. The van der Waals surface area contributed by atoms with Crippen molar-refractivity contribution in [3.05, 3.63) is 123 Å². The second kappa shape index (κ2) is 16.4. The fourth-order valence-corrected chi connectivity index (χ4v) is 6.63. The number of pyridine rings is 1. The topological polar surface area (TPSA) is 99.5 Å². The van der Waals surface area contributed by atoms with E-state index in [1.165, 1.54) is 6.20 Å². The maximum absolute atomic E-state index is 9.32. The lowest BCUT2D eigenvalue weighted by molar-refractivity contribution is 0.114. The molecule has 0 spiro atoms. The van der Waals surface area contributed by atoms with E-state index in [4.69, 9.17) is 37.4 Å². The molecule has 258 valence electrons. The number of halogens is 2. The van der Waals surface area contributed by atoms with Gasteiger partial charge in [-0.2, -0.15) is 5.26 Å². The molecule has 0 atom stereocenters. The normalized spacial score (nSPS) is 13.7. The first kappa shape index (κ1) is 35.2. The monoisotopic (exact) mass is 710 g/mol. The van der Waals surface area contributed by atoms with Crippen molar-refractivity contribution in [3.63, 3.8) is 0 Å². The van der Waals surface area contributed by atoms with Gasteiger partial charge in [0.15, 0.2) is 0 Å². The van der Waals surface area contributed by atoms with Gasteiger partial charge >= 0.3 is 0 Å². The van der Waals surface area contributed by atoms with Gasteiger partial charge in [-0.1, -0.05) is 53.5 Å². The Hall–Kier alpha value is -4.59. The van der Waals surface area contributed by atoms with E-state index in [9.17, 15) is 5.26 Å². The van der Waals surface area contributed by atoms with Gasteiger partial charge in [0.1, 0.15) is 42.6 Å². The molecule has 2 aromatic heterocycles. The molecule has 1 aliphatic heterocycles. The van der Waals surface area contributed by atoms with Crippen LogP contribution in [0.1, 0.15) is 46.4 Å². The van der Waals surface area contributed by atoms with Crippen molar-refractivity contribution in [1.29, 1.82) is 5.26 Å². The highest BCUT2D eigenvalue weighted by molar-refractivity contribution is 6.35. The van der Waals surface area contributed by atoms with Crippen molar-refractivity contribution >= 4 is 23.2 Å². The minimum absolute atomic E-state index is 0.154. The second-order valence-electron chi connectivity index (χ2n) is 12.7. The molecule has 3 aromatic carbocycles. The van der Waals surface area contributed by atoms with E-state index in [0.29, 0.717) is 45.9 Å². The summed E-state index contributed by atoms with van der Waals surface area (Å²) in [7, 11) is 4.15. The number of imidazole rings is 1. The number of benzene rings is 3. The number of ether oxygens (including phenoxy) is 3. The van der Waals surface area contributed by atoms with E-state index in [-0.39, 0.29) is 19.3 Å². The van der Waals surface area contributed by atoms with Crippen LogP contribution in [0.15, 0.2) is 79.5 Å². The maximum Gasteiger partial charge on any atom is 0.142 e. The molecule has 0 saturated carbocycles. The first-order valence-corrected chi connectivity index (χ1v) is 17.3. The molecule has 0 unspecified atom stereocenters. The largest absolute Gasteiger partial charge is 0.489 e. The smallest absolute Gasteiger partial charge is 0.142 e. The van der Waals surface area contributed by atoms with Crippen LogP contribution >= 0.6 is 23.2 Å². The zero-order chi connectivity index (χ0) is 35.0. The quantitative estimate of drug-likeness (QED) is 0.131. The molecule has 5 aromatic rings. The number of H-pyrrole nitrogens is 1. The molecule has 1 saturated heterocycles. The number of aromatic amines is 1. The summed E-state index contributed by atoms with van der Waals surface area (Å²) in [5.74, 6) is 1.84. The SMILES string of the molecule is Cc1c(COc2cc(OCc3cncc(C#N)c3)c(CN(C)Cc3cnc[nH]3)cc2Cl)cccc1-c1cccc(OC2CCN(C)CC2)c1Cl. The molecular weight excluding hydrogens is 671 g/mol. The Morgan fingerprint density at radius 1 is 0.900 bits per heavy atom. The van der Waals surface area contributed by atoms with Gasteiger partial charge in [-0.25, -0.2) is 4.98 Å². The van der Waals surface area contributed by atoms with Crippen LogP contribution in [-0.2, 0) is 26.3 Å². The zero-order valence-electron chi connectivity index (χ0n) is 28.5. The molecule has 50 heavy (non-hydrogen) atoms. The van der Waals surface area contributed by atoms with Crippen LogP contribution in [0.4, 0.5) is 0 Å².